The van der Waals surface area contributed by atoms with Crippen LogP contribution in [0.5, 0.6) is 0 Å². The maximum absolute atomic E-state index is 12.9. The zero-order chi connectivity index (χ0) is 9.14. The Morgan fingerprint density at radius 1 is 1.50 bits per heavy atom. The summed E-state index contributed by atoms with van der Waals surface area (Å²) in [6.07, 6.45) is 0.602. The minimum atomic E-state index is -0.765. The molecule has 0 aliphatic heterocycles. The zero-order valence-electron chi connectivity index (χ0n) is 7.16. The van der Waals surface area contributed by atoms with Gasteiger partial charge in [0, 0.05) is 11.8 Å². The van der Waals surface area contributed by atoms with E-state index in [-0.39, 0.29) is 11.5 Å². The van der Waals surface area contributed by atoms with Gasteiger partial charge in [-0.2, -0.15) is 4.39 Å². The standard InChI is InChI=1S/C9H12FNO/c1-6(2)8(12)7-4-3-5-11-9(7)10/h3-6,8,12H,1-2H3/t8-/m1/s1. The predicted octanol–water partition coefficient (Wildman–Crippen LogP) is 1.91. The molecule has 3 heteroatoms. The Labute approximate surface area is 71.1 Å². The zero-order valence-corrected chi connectivity index (χ0v) is 7.16. The minimum Gasteiger partial charge on any atom is -0.388 e. The molecule has 0 aliphatic carbocycles. The minimum absolute atomic E-state index is 0.00343. The van der Waals surface area contributed by atoms with Crippen molar-refractivity contribution >= 4 is 0 Å². The third-order valence-electron chi connectivity index (χ3n) is 1.74. The Morgan fingerprint density at radius 2 is 2.17 bits per heavy atom. The van der Waals surface area contributed by atoms with Crippen LogP contribution in [0.15, 0.2) is 18.3 Å². The molecule has 66 valence electrons. The Balaban J connectivity index is 2.94. The Bertz CT molecular complexity index is 262. The van der Waals surface area contributed by atoms with E-state index in [4.69, 9.17) is 0 Å². The molecular formula is C9H12FNO. The van der Waals surface area contributed by atoms with Crippen molar-refractivity contribution in [3.05, 3.63) is 29.8 Å². The van der Waals surface area contributed by atoms with Crippen molar-refractivity contribution in [3.63, 3.8) is 0 Å². The smallest absolute Gasteiger partial charge is 0.218 e. The lowest BCUT2D eigenvalue weighted by molar-refractivity contribution is 0.122. The highest BCUT2D eigenvalue weighted by molar-refractivity contribution is 5.14. The van der Waals surface area contributed by atoms with Crippen LogP contribution >= 0.6 is 0 Å². The first-order chi connectivity index (χ1) is 5.63. The van der Waals surface area contributed by atoms with Crippen LogP contribution in [0.4, 0.5) is 4.39 Å². The van der Waals surface area contributed by atoms with Crippen LogP contribution in [0.3, 0.4) is 0 Å². The van der Waals surface area contributed by atoms with Gasteiger partial charge in [-0.1, -0.05) is 19.9 Å². The second kappa shape index (κ2) is 3.63. The van der Waals surface area contributed by atoms with Crippen molar-refractivity contribution < 1.29 is 9.50 Å². The van der Waals surface area contributed by atoms with Gasteiger partial charge in [-0.25, -0.2) is 4.98 Å². The molecule has 2 nitrogen and oxygen atoms in total. The molecule has 1 N–H and O–H groups in total. The fourth-order valence-electron chi connectivity index (χ4n) is 0.978. The molecule has 0 amide bonds. The number of halogens is 1. The van der Waals surface area contributed by atoms with Crippen LogP contribution < -0.4 is 0 Å². The number of pyridine rings is 1. The van der Waals surface area contributed by atoms with Gasteiger partial charge in [0.25, 0.3) is 0 Å². The lowest BCUT2D eigenvalue weighted by Crippen LogP contribution is -2.08. The van der Waals surface area contributed by atoms with E-state index in [2.05, 4.69) is 4.98 Å². The van der Waals surface area contributed by atoms with Gasteiger partial charge in [0.05, 0.1) is 6.10 Å². The van der Waals surface area contributed by atoms with E-state index in [0.717, 1.165) is 0 Å². The van der Waals surface area contributed by atoms with Gasteiger partial charge in [0.1, 0.15) is 0 Å². The van der Waals surface area contributed by atoms with Crippen molar-refractivity contribution in [2.75, 3.05) is 0 Å². The van der Waals surface area contributed by atoms with E-state index in [1.165, 1.54) is 6.20 Å². The summed E-state index contributed by atoms with van der Waals surface area (Å²) < 4.78 is 12.9. The first kappa shape index (κ1) is 9.13. The summed E-state index contributed by atoms with van der Waals surface area (Å²) in [7, 11) is 0. The average molecular weight is 169 g/mol. The molecule has 0 aromatic carbocycles. The highest BCUT2D eigenvalue weighted by atomic mass is 19.1. The van der Waals surface area contributed by atoms with Crippen LogP contribution in [0.1, 0.15) is 25.5 Å². The first-order valence-corrected chi connectivity index (χ1v) is 3.91. The third kappa shape index (κ3) is 1.80. The molecule has 0 fully saturated rings. The second-order valence-electron chi connectivity index (χ2n) is 3.07. The lowest BCUT2D eigenvalue weighted by Gasteiger charge is -2.14. The molecule has 0 bridgehead atoms. The highest BCUT2D eigenvalue weighted by Gasteiger charge is 2.15. The molecule has 12 heavy (non-hydrogen) atoms. The van der Waals surface area contributed by atoms with Gasteiger partial charge in [0.2, 0.25) is 5.95 Å². The summed E-state index contributed by atoms with van der Waals surface area (Å²) in [5, 5.41) is 9.50. The average Bonchev–Trinajstić information content (AvgIpc) is 2.04. The van der Waals surface area contributed by atoms with E-state index in [9.17, 15) is 9.50 Å². The monoisotopic (exact) mass is 169 g/mol. The quantitative estimate of drug-likeness (QED) is 0.686. The summed E-state index contributed by atoms with van der Waals surface area (Å²) in [5.74, 6) is -0.581. The molecular weight excluding hydrogens is 157 g/mol. The van der Waals surface area contributed by atoms with Crippen molar-refractivity contribution in [3.8, 4) is 0 Å². The molecule has 1 aromatic heterocycles. The number of hydrogen-bond acceptors (Lipinski definition) is 2. The molecule has 0 spiro atoms. The topological polar surface area (TPSA) is 33.1 Å². The van der Waals surface area contributed by atoms with Crippen LogP contribution in [0.25, 0.3) is 0 Å². The molecule has 0 radical (unpaired) electrons. The lowest BCUT2D eigenvalue weighted by atomic mass is 10.0. The summed E-state index contributed by atoms with van der Waals surface area (Å²) in [6, 6.07) is 3.16. The number of rotatable bonds is 2. The van der Waals surface area contributed by atoms with Gasteiger partial charge in [-0.05, 0) is 12.0 Å². The van der Waals surface area contributed by atoms with Crippen molar-refractivity contribution in [2.24, 2.45) is 5.92 Å². The van der Waals surface area contributed by atoms with E-state index >= 15 is 0 Å². The normalized spacial score (nSPS) is 13.4. The highest BCUT2D eigenvalue weighted by Crippen LogP contribution is 2.21. The van der Waals surface area contributed by atoms with Crippen molar-refractivity contribution in [2.45, 2.75) is 20.0 Å². The molecule has 0 saturated carbocycles. The Morgan fingerprint density at radius 3 is 2.67 bits per heavy atom. The third-order valence-corrected chi connectivity index (χ3v) is 1.74. The fourth-order valence-corrected chi connectivity index (χ4v) is 0.978. The summed E-state index contributed by atoms with van der Waals surface area (Å²) >= 11 is 0. The molecule has 0 saturated heterocycles. The van der Waals surface area contributed by atoms with Gasteiger partial charge < -0.3 is 5.11 Å². The van der Waals surface area contributed by atoms with E-state index in [1.807, 2.05) is 13.8 Å². The number of aliphatic hydroxyl groups is 1. The second-order valence-corrected chi connectivity index (χ2v) is 3.07. The largest absolute Gasteiger partial charge is 0.388 e. The van der Waals surface area contributed by atoms with Gasteiger partial charge in [-0.15, -0.1) is 0 Å². The molecule has 0 aliphatic rings. The summed E-state index contributed by atoms with van der Waals surface area (Å²) in [4.78, 5) is 3.46. The first-order valence-electron chi connectivity index (χ1n) is 3.91. The molecule has 1 rings (SSSR count). The van der Waals surface area contributed by atoms with E-state index in [0.29, 0.717) is 0 Å². The van der Waals surface area contributed by atoms with Gasteiger partial charge in [-0.3, -0.25) is 0 Å². The maximum atomic E-state index is 12.9. The van der Waals surface area contributed by atoms with Crippen LogP contribution in [0, 0.1) is 11.9 Å². The molecule has 1 atom stereocenters. The Hall–Kier alpha value is -0.960. The van der Waals surface area contributed by atoms with Crippen molar-refractivity contribution in [1.82, 2.24) is 4.98 Å². The number of aromatic nitrogens is 1. The van der Waals surface area contributed by atoms with Crippen molar-refractivity contribution in [1.29, 1.82) is 0 Å². The van der Waals surface area contributed by atoms with E-state index < -0.39 is 12.1 Å². The van der Waals surface area contributed by atoms with Crippen LogP contribution in [0.2, 0.25) is 0 Å². The number of aliphatic hydroxyl groups excluding tert-OH is 1. The summed E-state index contributed by atoms with van der Waals surface area (Å²) in [5.41, 5.74) is 0.271. The molecule has 1 aromatic rings. The number of hydrogen-bond donors (Lipinski definition) is 1. The SMILES string of the molecule is CC(C)[C@@H](O)c1cccnc1F. The fraction of sp³-hybridized carbons (Fsp3) is 0.444. The van der Waals surface area contributed by atoms with Gasteiger partial charge >= 0.3 is 0 Å². The Kier molecular flexibility index (Phi) is 2.76. The predicted molar refractivity (Wildman–Crippen MR) is 44.0 cm³/mol. The van der Waals surface area contributed by atoms with Crippen LogP contribution in [-0.2, 0) is 0 Å². The van der Waals surface area contributed by atoms with E-state index in [1.54, 1.807) is 12.1 Å². The summed E-state index contributed by atoms with van der Waals surface area (Å²) in [6.45, 7) is 3.66. The number of nitrogens with zero attached hydrogens (tertiary/aromatic N) is 1. The van der Waals surface area contributed by atoms with Crippen LogP contribution in [-0.4, -0.2) is 10.1 Å². The molecule has 0 unspecified atom stereocenters. The van der Waals surface area contributed by atoms with Gasteiger partial charge in [0.15, 0.2) is 0 Å². The maximum Gasteiger partial charge on any atom is 0.218 e. The molecule has 1 heterocycles.